The Morgan fingerprint density at radius 3 is 2.61 bits per heavy atom. The quantitative estimate of drug-likeness (QED) is 0.842. The van der Waals surface area contributed by atoms with Crippen molar-refractivity contribution in [2.75, 3.05) is 18.8 Å². The summed E-state index contributed by atoms with van der Waals surface area (Å²) in [6, 6.07) is 3.50. The molecule has 0 saturated carbocycles. The Morgan fingerprint density at radius 1 is 1.33 bits per heavy atom. The summed E-state index contributed by atoms with van der Waals surface area (Å²) in [6.45, 7) is 7.65. The SMILES string of the molecule is CCCCN(CC)C(=O)c1cc(N)nc(CC)c1. The zero-order valence-electron chi connectivity index (χ0n) is 11.6. The first-order chi connectivity index (χ1) is 8.62. The maximum Gasteiger partial charge on any atom is 0.254 e. The Morgan fingerprint density at radius 2 is 2.06 bits per heavy atom. The van der Waals surface area contributed by atoms with Gasteiger partial charge in [-0.15, -0.1) is 0 Å². The van der Waals surface area contributed by atoms with E-state index in [9.17, 15) is 4.79 Å². The highest BCUT2D eigenvalue weighted by Gasteiger charge is 2.15. The number of nitrogens with two attached hydrogens (primary N) is 1. The second-order valence-electron chi connectivity index (χ2n) is 4.36. The van der Waals surface area contributed by atoms with Crippen molar-refractivity contribution in [2.24, 2.45) is 0 Å². The Kier molecular flexibility index (Phi) is 5.62. The molecule has 1 heterocycles. The van der Waals surface area contributed by atoms with E-state index in [0.29, 0.717) is 11.4 Å². The van der Waals surface area contributed by atoms with Crippen LogP contribution in [0.4, 0.5) is 5.82 Å². The van der Waals surface area contributed by atoms with Crippen LogP contribution in [0.15, 0.2) is 12.1 Å². The average molecular weight is 249 g/mol. The second kappa shape index (κ2) is 6.99. The first-order valence-electron chi connectivity index (χ1n) is 6.68. The van der Waals surface area contributed by atoms with E-state index in [1.807, 2.05) is 24.8 Å². The molecule has 0 aliphatic carbocycles. The summed E-state index contributed by atoms with van der Waals surface area (Å²) in [5.41, 5.74) is 7.25. The van der Waals surface area contributed by atoms with Gasteiger partial charge in [-0.1, -0.05) is 20.3 Å². The number of rotatable bonds is 6. The highest BCUT2D eigenvalue weighted by Crippen LogP contribution is 2.12. The van der Waals surface area contributed by atoms with Gasteiger partial charge in [-0.05, 0) is 31.9 Å². The van der Waals surface area contributed by atoms with Gasteiger partial charge in [0, 0.05) is 24.3 Å². The number of pyridine rings is 1. The molecular weight excluding hydrogens is 226 g/mol. The van der Waals surface area contributed by atoms with Gasteiger partial charge in [0.25, 0.3) is 5.91 Å². The van der Waals surface area contributed by atoms with Crippen LogP contribution in [-0.4, -0.2) is 28.9 Å². The minimum atomic E-state index is 0.0507. The summed E-state index contributed by atoms with van der Waals surface area (Å²) in [5.74, 6) is 0.471. The Bertz CT molecular complexity index is 404. The lowest BCUT2D eigenvalue weighted by Crippen LogP contribution is -2.32. The zero-order valence-corrected chi connectivity index (χ0v) is 11.6. The van der Waals surface area contributed by atoms with Gasteiger partial charge in [-0.2, -0.15) is 0 Å². The average Bonchev–Trinajstić information content (AvgIpc) is 2.38. The van der Waals surface area contributed by atoms with E-state index in [0.717, 1.165) is 38.0 Å². The minimum absolute atomic E-state index is 0.0507. The van der Waals surface area contributed by atoms with Gasteiger partial charge in [0.15, 0.2) is 0 Å². The molecule has 4 heteroatoms. The lowest BCUT2D eigenvalue weighted by atomic mass is 10.1. The molecule has 0 bridgehead atoms. The Balaban J connectivity index is 2.90. The fraction of sp³-hybridized carbons (Fsp3) is 0.571. The molecule has 18 heavy (non-hydrogen) atoms. The predicted octanol–water partition coefficient (Wildman–Crippen LogP) is 2.49. The van der Waals surface area contributed by atoms with Crippen molar-refractivity contribution in [2.45, 2.75) is 40.0 Å². The summed E-state index contributed by atoms with van der Waals surface area (Å²) < 4.78 is 0. The number of aromatic nitrogens is 1. The molecule has 2 N–H and O–H groups in total. The van der Waals surface area contributed by atoms with E-state index < -0.39 is 0 Å². The lowest BCUT2D eigenvalue weighted by molar-refractivity contribution is 0.0762. The van der Waals surface area contributed by atoms with E-state index in [1.165, 1.54) is 0 Å². The van der Waals surface area contributed by atoms with Crippen LogP contribution in [0.25, 0.3) is 0 Å². The molecule has 0 unspecified atom stereocenters. The molecule has 4 nitrogen and oxygen atoms in total. The molecular formula is C14H23N3O. The molecule has 0 aliphatic rings. The van der Waals surface area contributed by atoms with Crippen molar-refractivity contribution < 1.29 is 4.79 Å². The van der Waals surface area contributed by atoms with E-state index >= 15 is 0 Å². The Labute approximate surface area is 109 Å². The van der Waals surface area contributed by atoms with Crippen LogP contribution >= 0.6 is 0 Å². The van der Waals surface area contributed by atoms with Crippen molar-refractivity contribution in [3.05, 3.63) is 23.4 Å². The molecule has 1 rings (SSSR count). The molecule has 0 saturated heterocycles. The van der Waals surface area contributed by atoms with Gasteiger partial charge in [-0.25, -0.2) is 4.98 Å². The molecule has 0 atom stereocenters. The van der Waals surface area contributed by atoms with Crippen LogP contribution in [-0.2, 0) is 6.42 Å². The number of nitrogens with zero attached hydrogens (tertiary/aromatic N) is 2. The number of carbonyl (C=O) groups is 1. The van der Waals surface area contributed by atoms with Crippen molar-refractivity contribution in [3.8, 4) is 0 Å². The summed E-state index contributed by atoms with van der Waals surface area (Å²) in [4.78, 5) is 18.4. The van der Waals surface area contributed by atoms with Crippen LogP contribution in [0, 0.1) is 0 Å². The van der Waals surface area contributed by atoms with Crippen LogP contribution < -0.4 is 5.73 Å². The van der Waals surface area contributed by atoms with Crippen LogP contribution in [0.1, 0.15) is 49.7 Å². The van der Waals surface area contributed by atoms with Gasteiger partial charge >= 0.3 is 0 Å². The van der Waals surface area contributed by atoms with Gasteiger partial charge in [0.05, 0.1) is 0 Å². The number of anilines is 1. The summed E-state index contributed by atoms with van der Waals surface area (Å²) in [5, 5.41) is 0. The number of carbonyl (C=O) groups excluding carboxylic acids is 1. The smallest absolute Gasteiger partial charge is 0.254 e. The topological polar surface area (TPSA) is 59.2 Å². The predicted molar refractivity (Wildman–Crippen MR) is 74.5 cm³/mol. The van der Waals surface area contributed by atoms with Crippen molar-refractivity contribution in [3.63, 3.8) is 0 Å². The van der Waals surface area contributed by atoms with Gasteiger partial charge in [0.1, 0.15) is 5.82 Å². The van der Waals surface area contributed by atoms with Crippen LogP contribution in [0.3, 0.4) is 0 Å². The molecule has 1 aromatic rings. The third kappa shape index (κ3) is 3.72. The van der Waals surface area contributed by atoms with E-state index in [4.69, 9.17) is 5.73 Å². The first-order valence-corrected chi connectivity index (χ1v) is 6.68. The van der Waals surface area contributed by atoms with Crippen LogP contribution in [0.2, 0.25) is 0 Å². The van der Waals surface area contributed by atoms with E-state index in [2.05, 4.69) is 11.9 Å². The highest BCUT2D eigenvalue weighted by atomic mass is 16.2. The van der Waals surface area contributed by atoms with Crippen molar-refractivity contribution in [1.82, 2.24) is 9.88 Å². The van der Waals surface area contributed by atoms with Gasteiger partial charge in [-0.3, -0.25) is 4.79 Å². The third-order valence-electron chi connectivity index (χ3n) is 2.96. The molecule has 0 aliphatic heterocycles. The molecule has 1 amide bonds. The van der Waals surface area contributed by atoms with Crippen LogP contribution in [0.5, 0.6) is 0 Å². The number of nitrogen functional groups attached to an aromatic ring is 1. The molecule has 0 spiro atoms. The number of aryl methyl sites for hydroxylation is 1. The summed E-state index contributed by atoms with van der Waals surface area (Å²) >= 11 is 0. The molecule has 100 valence electrons. The van der Waals surface area contributed by atoms with E-state index in [1.54, 1.807) is 6.07 Å². The zero-order chi connectivity index (χ0) is 13.5. The number of hydrogen-bond acceptors (Lipinski definition) is 3. The normalized spacial score (nSPS) is 10.4. The maximum atomic E-state index is 12.3. The third-order valence-corrected chi connectivity index (χ3v) is 2.96. The number of unbranched alkanes of at least 4 members (excludes halogenated alkanes) is 1. The first kappa shape index (κ1) is 14.5. The fourth-order valence-corrected chi connectivity index (χ4v) is 1.85. The molecule has 0 aromatic carbocycles. The molecule has 0 fully saturated rings. The minimum Gasteiger partial charge on any atom is -0.384 e. The molecule has 1 aromatic heterocycles. The van der Waals surface area contributed by atoms with Gasteiger partial charge < -0.3 is 10.6 Å². The number of amides is 1. The van der Waals surface area contributed by atoms with Gasteiger partial charge in [0.2, 0.25) is 0 Å². The largest absolute Gasteiger partial charge is 0.384 e. The van der Waals surface area contributed by atoms with E-state index in [-0.39, 0.29) is 5.91 Å². The Hall–Kier alpha value is -1.58. The highest BCUT2D eigenvalue weighted by molar-refractivity contribution is 5.95. The lowest BCUT2D eigenvalue weighted by Gasteiger charge is -2.21. The monoisotopic (exact) mass is 249 g/mol. The molecule has 0 radical (unpaired) electrons. The second-order valence-corrected chi connectivity index (χ2v) is 4.36. The maximum absolute atomic E-state index is 12.3. The van der Waals surface area contributed by atoms with Crippen molar-refractivity contribution >= 4 is 11.7 Å². The van der Waals surface area contributed by atoms with Crippen molar-refractivity contribution in [1.29, 1.82) is 0 Å². The standard InChI is InChI=1S/C14H23N3O/c1-4-7-8-17(6-3)14(18)11-9-12(5-2)16-13(15)10-11/h9-10H,4-8H2,1-3H3,(H2,15,16). The number of hydrogen-bond donors (Lipinski definition) is 1. The summed E-state index contributed by atoms with van der Waals surface area (Å²) in [7, 11) is 0. The fourth-order valence-electron chi connectivity index (χ4n) is 1.85. The summed E-state index contributed by atoms with van der Waals surface area (Å²) in [6.07, 6.45) is 2.90.